The number of likely N-dealkylation sites (tertiary alicyclic amines) is 1. The molecule has 9 nitrogen and oxygen atoms in total. The minimum absolute atomic E-state index is 0.123. The van der Waals surface area contributed by atoms with Crippen molar-refractivity contribution < 1.29 is 9.69 Å². The minimum atomic E-state index is -0.543. The average molecular weight is 349 g/mol. The quantitative estimate of drug-likeness (QED) is 0.649. The third-order valence-corrected chi connectivity index (χ3v) is 5.01. The summed E-state index contributed by atoms with van der Waals surface area (Å²) in [5.74, 6) is 0.713. The van der Waals surface area contributed by atoms with Crippen LogP contribution in [0.2, 0.25) is 0 Å². The Morgan fingerprint density at radius 2 is 2.04 bits per heavy atom. The fourth-order valence-corrected chi connectivity index (χ4v) is 3.73. The molecule has 1 unspecified atom stereocenters. The number of carbonyl (C=O) groups is 1. The lowest BCUT2D eigenvalue weighted by Crippen LogP contribution is -3.12. The van der Waals surface area contributed by atoms with E-state index in [1.807, 2.05) is 0 Å². The zero-order valence-electron chi connectivity index (χ0n) is 14.9. The van der Waals surface area contributed by atoms with Gasteiger partial charge < -0.3 is 15.2 Å². The number of aromatic nitrogens is 4. The summed E-state index contributed by atoms with van der Waals surface area (Å²) in [6, 6.07) is 0. The van der Waals surface area contributed by atoms with Crippen molar-refractivity contribution in [2.24, 2.45) is 25.7 Å². The molecule has 1 aliphatic rings. The summed E-state index contributed by atoms with van der Waals surface area (Å²) in [5.41, 5.74) is 5.04. The first-order valence-corrected chi connectivity index (χ1v) is 8.56. The summed E-state index contributed by atoms with van der Waals surface area (Å²) in [4.78, 5) is 42.2. The largest absolute Gasteiger partial charge is 0.368 e. The second-order valence-electron chi connectivity index (χ2n) is 7.09. The van der Waals surface area contributed by atoms with Crippen LogP contribution in [0.1, 0.15) is 25.6 Å². The van der Waals surface area contributed by atoms with Crippen molar-refractivity contribution in [3.63, 3.8) is 0 Å². The second kappa shape index (κ2) is 6.47. The van der Waals surface area contributed by atoms with Crippen LogP contribution in [0.5, 0.6) is 0 Å². The highest BCUT2D eigenvalue weighted by atomic mass is 16.2. The minimum Gasteiger partial charge on any atom is -0.368 e. The zero-order valence-corrected chi connectivity index (χ0v) is 14.9. The SMILES string of the molecule is C[C@H]1CCC[NH+](Cc2nc3c(c(=O)n(C)c(=O)n3C)n2CC(N)=O)C1. The summed E-state index contributed by atoms with van der Waals surface area (Å²) in [6.07, 6.45) is 2.36. The van der Waals surface area contributed by atoms with Crippen LogP contribution >= 0.6 is 0 Å². The summed E-state index contributed by atoms with van der Waals surface area (Å²) < 4.78 is 3.94. The van der Waals surface area contributed by atoms with Gasteiger partial charge in [0.25, 0.3) is 5.56 Å². The summed E-state index contributed by atoms with van der Waals surface area (Å²) in [5, 5.41) is 0. The highest BCUT2D eigenvalue weighted by Crippen LogP contribution is 2.11. The fourth-order valence-electron chi connectivity index (χ4n) is 3.73. The van der Waals surface area contributed by atoms with Crippen LogP contribution in [-0.2, 0) is 32.0 Å². The molecule has 1 amide bonds. The molecule has 2 aromatic rings. The number of rotatable bonds is 4. The molecule has 0 radical (unpaired) electrons. The molecular formula is C16H25N6O3+. The van der Waals surface area contributed by atoms with E-state index in [9.17, 15) is 14.4 Å². The summed E-state index contributed by atoms with van der Waals surface area (Å²) in [7, 11) is 2.99. The van der Waals surface area contributed by atoms with Crippen LogP contribution in [0.4, 0.5) is 0 Å². The number of nitrogens with one attached hydrogen (secondary N) is 1. The highest BCUT2D eigenvalue weighted by molar-refractivity contribution is 5.78. The molecule has 1 aliphatic heterocycles. The van der Waals surface area contributed by atoms with Crippen LogP contribution in [0.15, 0.2) is 9.59 Å². The molecule has 2 atom stereocenters. The van der Waals surface area contributed by atoms with Crippen LogP contribution in [-0.4, -0.2) is 37.7 Å². The number of piperidine rings is 1. The van der Waals surface area contributed by atoms with Gasteiger partial charge in [0.15, 0.2) is 17.0 Å². The van der Waals surface area contributed by atoms with E-state index in [1.165, 1.54) is 22.9 Å². The molecule has 25 heavy (non-hydrogen) atoms. The Bertz CT molecular complexity index is 938. The Morgan fingerprint density at radius 1 is 1.32 bits per heavy atom. The number of imidazole rings is 1. The highest BCUT2D eigenvalue weighted by Gasteiger charge is 2.25. The number of primary amides is 1. The van der Waals surface area contributed by atoms with Gasteiger partial charge in [-0.1, -0.05) is 6.92 Å². The number of carbonyl (C=O) groups excluding carboxylic acids is 1. The van der Waals surface area contributed by atoms with E-state index < -0.39 is 17.2 Å². The number of nitrogens with zero attached hydrogens (tertiary/aromatic N) is 4. The van der Waals surface area contributed by atoms with Gasteiger partial charge in [-0.25, -0.2) is 9.78 Å². The van der Waals surface area contributed by atoms with Crippen LogP contribution < -0.4 is 21.9 Å². The maximum atomic E-state index is 12.6. The van der Waals surface area contributed by atoms with E-state index in [0.29, 0.717) is 23.9 Å². The van der Waals surface area contributed by atoms with Gasteiger partial charge in [-0.3, -0.25) is 18.7 Å². The smallest absolute Gasteiger partial charge is 0.332 e. The van der Waals surface area contributed by atoms with E-state index in [1.54, 1.807) is 11.6 Å². The molecule has 1 fully saturated rings. The molecule has 0 aromatic carbocycles. The number of quaternary nitrogens is 1. The molecule has 1 saturated heterocycles. The number of fused-ring (bicyclic) bond motifs is 1. The third kappa shape index (κ3) is 3.11. The predicted molar refractivity (Wildman–Crippen MR) is 92.2 cm³/mol. The molecule has 3 N–H and O–H groups in total. The van der Waals surface area contributed by atoms with Crippen molar-refractivity contribution in [3.05, 3.63) is 26.7 Å². The lowest BCUT2D eigenvalue weighted by molar-refractivity contribution is -0.922. The lowest BCUT2D eigenvalue weighted by Gasteiger charge is -2.27. The van der Waals surface area contributed by atoms with Crippen molar-refractivity contribution in [1.29, 1.82) is 0 Å². The average Bonchev–Trinajstić information content (AvgIpc) is 2.89. The topological polar surface area (TPSA) is 109 Å². The Labute approximate surface area is 144 Å². The van der Waals surface area contributed by atoms with E-state index in [4.69, 9.17) is 5.73 Å². The molecule has 2 aromatic heterocycles. The molecule has 0 aliphatic carbocycles. The Hall–Kier alpha value is -2.42. The molecule has 3 heterocycles. The number of aryl methyl sites for hydroxylation is 1. The van der Waals surface area contributed by atoms with Gasteiger partial charge in [0.1, 0.15) is 13.1 Å². The number of amides is 1. The van der Waals surface area contributed by atoms with Crippen LogP contribution in [0.3, 0.4) is 0 Å². The molecule has 136 valence electrons. The molecule has 3 rings (SSSR count). The van der Waals surface area contributed by atoms with Gasteiger partial charge in [0, 0.05) is 20.0 Å². The van der Waals surface area contributed by atoms with Crippen molar-refractivity contribution in [3.8, 4) is 0 Å². The van der Waals surface area contributed by atoms with Crippen molar-refractivity contribution in [2.45, 2.75) is 32.9 Å². The maximum absolute atomic E-state index is 12.6. The molecule has 9 heteroatoms. The molecule has 0 bridgehead atoms. The van der Waals surface area contributed by atoms with E-state index in [0.717, 1.165) is 24.1 Å². The predicted octanol–water partition coefficient (Wildman–Crippen LogP) is -2.27. The lowest BCUT2D eigenvalue weighted by atomic mass is 10.0. The van der Waals surface area contributed by atoms with E-state index >= 15 is 0 Å². The zero-order chi connectivity index (χ0) is 18.3. The van der Waals surface area contributed by atoms with Gasteiger partial charge in [-0.05, 0) is 12.8 Å². The summed E-state index contributed by atoms with van der Waals surface area (Å²) >= 11 is 0. The third-order valence-electron chi connectivity index (χ3n) is 5.01. The van der Waals surface area contributed by atoms with Gasteiger partial charge in [0.2, 0.25) is 5.91 Å². The maximum Gasteiger partial charge on any atom is 0.332 e. The van der Waals surface area contributed by atoms with Crippen LogP contribution in [0.25, 0.3) is 11.2 Å². The number of hydrogen-bond donors (Lipinski definition) is 2. The van der Waals surface area contributed by atoms with Crippen molar-refractivity contribution >= 4 is 17.1 Å². The summed E-state index contributed by atoms with van der Waals surface area (Å²) in [6.45, 7) is 4.76. The monoisotopic (exact) mass is 349 g/mol. The first-order valence-electron chi connectivity index (χ1n) is 8.56. The standard InChI is InChI=1S/C16H24N6O3/c1-10-5-4-6-21(7-10)9-12-18-14-13(22(12)8-11(17)23)15(24)20(3)16(25)19(14)2/h10H,4-9H2,1-3H3,(H2,17,23)/p+1/t10-/m0/s1. The Morgan fingerprint density at radius 3 is 2.68 bits per heavy atom. The Kier molecular flexibility index (Phi) is 4.51. The first kappa shape index (κ1) is 17.4. The van der Waals surface area contributed by atoms with Gasteiger partial charge in [-0.15, -0.1) is 0 Å². The van der Waals surface area contributed by atoms with E-state index in [2.05, 4.69) is 11.9 Å². The normalized spacial score (nSPS) is 20.9. The first-order chi connectivity index (χ1) is 11.8. The Balaban J connectivity index is 2.15. The fraction of sp³-hybridized carbons (Fsp3) is 0.625. The second-order valence-corrected chi connectivity index (χ2v) is 7.09. The van der Waals surface area contributed by atoms with Gasteiger partial charge in [-0.2, -0.15) is 0 Å². The molecular weight excluding hydrogens is 324 g/mol. The van der Waals surface area contributed by atoms with Crippen molar-refractivity contribution in [1.82, 2.24) is 18.7 Å². The van der Waals surface area contributed by atoms with Crippen LogP contribution in [0, 0.1) is 5.92 Å². The van der Waals surface area contributed by atoms with Gasteiger partial charge in [0.05, 0.1) is 13.1 Å². The number of nitrogens with two attached hydrogens (primary N) is 1. The molecule has 0 saturated carbocycles. The van der Waals surface area contributed by atoms with E-state index in [-0.39, 0.29) is 12.1 Å². The molecule has 0 spiro atoms. The number of hydrogen-bond acceptors (Lipinski definition) is 4. The van der Waals surface area contributed by atoms with Crippen molar-refractivity contribution in [2.75, 3.05) is 13.1 Å². The van der Waals surface area contributed by atoms with Gasteiger partial charge >= 0.3 is 5.69 Å².